The first-order chi connectivity index (χ1) is 9.40. The monoisotopic (exact) mass is 279 g/mol. The van der Waals surface area contributed by atoms with Gasteiger partial charge in [0.15, 0.2) is 0 Å². The molecule has 20 heavy (non-hydrogen) atoms. The Labute approximate surface area is 111 Å². The zero-order chi connectivity index (χ0) is 14.9. The lowest BCUT2D eigenvalue weighted by Gasteiger charge is -2.06. The molecule has 0 N–H and O–H groups in total. The lowest BCUT2D eigenvalue weighted by molar-refractivity contribution is -0.387. The maximum Gasteiger partial charge on any atom is 0.316 e. The van der Waals surface area contributed by atoms with Crippen LogP contribution in [0.2, 0.25) is 0 Å². The minimum absolute atomic E-state index is 0.0379. The van der Waals surface area contributed by atoms with Crippen molar-refractivity contribution in [1.82, 2.24) is 9.13 Å². The van der Waals surface area contributed by atoms with Crippen LogP contribution in [0.4, 0.5) is 10.1 Å². The Morgan fingerprint density at radius 3 is 2.55 bits per heavy atom. The summed E-state index contributed by atoms with van der Waals surface area (Å²) in [6.45, 7) is -0.0379. The molecule has 8 heteroatoms. The molecule has 1 heterocycles. The maximum atomic E-state index is 13.5. The molecule has 0 bridgehead atoms. The number of nitrogens with zero attached hydrogens (tertiary/aromatic N) is 3. The second-order valence-corrected chi connectivity index (χ2v) is 4.19. The van der Waals surface area contributed by atoms with Crippen LogP contribution in [0.15, 0.2) is 40.2 Å². The van der Waals surface area contributed by atoms with E-state index >= 15 is 0 Å². The Morgan fingerprint density at radius 2 is 1.95 bits per heavy atom. The molecule has 0 saturated carbocycles. The smallest absolute Gasteiger partial charge is 0.312 e. The number of hydrogen-bond acceptors (Lipinski definition) is 4. The molecule has 0 atom stereocenters. The molecular formula is C12H10FN3O4. The highest BCUT2D eigenvalue weighted by molar-refractivity contribution is 5.35. The van der Waals surface area contributed by atoms with Crippen molar-refractivity contribution >= 4 is 5.69 Å². The van der Waals surface area contributed by atoms with Crippen molar-refractivity contribution in [3.8, 4) is 0 Å². The van der Waals surface area contributed by atoms with Crippen molar-refractivity contribution in [2.45, 2.75) is 6.54 Å². The average Bonchev–Trinajstić information content (AvgIpc) is 2.39. The fraction of sp³-hybridized carbons (Fsp3) is 0.167. The van der Waals surface area contributed by atoms with Gasteiger partial charge in [0.25, 0.3) is 0 Å². The number of halogens is 1. The predicted molar refractivity (Wildman–Crippen MR) is 68.1 cm³/mol. The summed E-state index contributed by atoms with van der Waals surface area (Å²) in [5, 5.41) is 10.5. The zero-order valence-electron chi connectivity index (χ0n) is 10.4. The number of aromatic nitrogens is 2. The zero-order valence-corrected chi connectivity index (χ0v) is 10.4. The van der Waals surface area contributed by atoms with Crippen LogP contribution in [0.25, 0.3) is 0 Å². The van der Waals surface area contributed by atoms with Gasteiger partial charge in [-0.3, -0.25) is 19.7 Å². The summed E-state index contributed by atoms with van der Waals surface area (Å²) in [5.41, 5.74) is -1.72. The molecule has 0 spiro atoms. The highest BCUT2D eigenvalue weighted by atomic mass is 19.1. The standard InChI is InChI=1S/C12H10FN3O4/c1-14-4-5-15(12(18)11(14)17)7-8-2-3-10(16(19)20)9(13)6-8/h2-6H,7H2,1H3. The number of nitro benzene ring substituents is 1. The first-order valence-electron chi connectivity index (χ1n) is 5.59. The van der Waals surface area contributed by atoms with E-state index in [0.717, 1.165) is 21.3 Å². The summed E-state index contributed by atoms with van der Waals surface area (Å²) in [6.07, 6.45) is 2.80. The van der Waals surface area contributed by atoms with E-state index in [4.69, 9.17) is 0 Å². The van der Waals surface area contributed by atoms with Crippen LogP contribution in [-0.2, 0) is 13.6 Å². The number of rotatable bonds is 3. The Bertz CT molecular complexity index is 794. The summed E-state index contributed by atoms with van der Waals surface area (Å²) < 4.78 is 15.7. The van der Waals surface area contributed by atoms with Crippen molar-refractivity contribution in [3.05, 3.63) is 72.8 Å². The van der Waals surface area contributed by atoms with Gasteiger partial charge < -0.3 is 9.13 Å². The van der Waals surface area contributed by atoms with Crippen LogP contribution in [0.1, 0.15) is 5.56 Å². The summed E-state index contributed by atoms with van der Waals surface area (Å²) in [5.74, 6) is -0.982. The lowest BCUT2D eigenvalue weighted by Crippen LogP contribution is -2.39. The van der Waals surface area contributed by atoms with Crippen molar-refractivity contribution in [2.24, 2.45) is 7.05 Å². The van der Waals surface area contributed by atoms with Gasteiger partial charge >= 0.3 is 16.8 Å². The molecule has 0 unspecified atom stereocenters. The summed E-state index contributed by atoms with van der Waals surface area (Å²) in [7, 11) is 1.44. The number of aryl methyl sites for hydroxylation is 1. The fourth-order valence-electron chi connectivity index (χ4n) is 1.71. The summed E-state index contributed by atoms with van der Waals surface area (Å²) >= 11 is 0. The molecule has 1 aromatic heterocycles. The van der Waals surface area contributed by atoms with E-state index in [9.17, 15) is 24.1 Å². The maximum absolute atomic E-state index is 13.5. The van der Waals surface area contributed by atoms with Gasteiger partial charge in [-0.25, -0.2) is 0 Å². The summed E-state index contributed by atoms with van der Waals surface area (Å²) in [4.78, 5) is 32.8. The lowest BCUT2D eigenvalue weighted by atomic mass is 10.2. The predicted octanol–water partition coefficient (Wildman–Crippen LogP) is 0.643. The van der Waals surface area contributed by atoms with Crippen LogP contribution >= 0.6 is 0 Å². The van der Waals surface area contributed by atoms with Gasteiger partial charge in [0.05, 0.1) is 11.5 Å². The number of hydrogen-bond donors (Lipinski definition) is 0. The molecule has 0 amide bonds. The Hall–Kier alpha value is -2.77. The minimum Gasteiger partial charge on any atom is -0.312 e. The van der Waals surface area contributed by atoms with Crippen molar-refractivity contribution in [2.75, 3.05) is 0 Å². The van der Waals surface area contributed by atoms with Crippen molar-refractivity contribution in [3.63, 3.8) is 0 Å². The Balaban J connectivity index is 2.39. The van der Waals surface area contributed by atoms with E-state index in [1.54, 1.807) is 0 Å². The van der Waals surface area contributed by atoms with Gasteiger partial charge in [0.1, 0.15) is 0 Å². The molecule has 2 aromatic rings. The van der Waals surface area contributed by atoms with Crippen molar-refractivity contribution < 1.29 is 9.31 Å². The van der Waals surface area contributed by atoms with E-state index in [1.165, 1.54) is 25.5 Å². The van der Waals surface area contributed by atoms with Crippen LogP contribution in [0.5, 0.6) is 0 Å². The third-order valence-electron chi connectivity index (χ3n) is 2.80. The third-order valence-corrected chi connectivity index (χ3v) is 2.80. The van der Waals surface area contributed by atoms with E-state index in [-0.39, 0.29) is 6.54 Å². The van der Waals surface area contributed by atoms with Crippen LogP contribution in [0.3, 0.4) is 0 Å². The molecule has 1 aromatic carbocycles. The highest BCUT2D eigenvalue weighted by Crippen LogP contribution is 2.18. The SMILES string of the molecule is Cn1ccn(Cc2ccc([N+](=O)[O-])c(F)c2)c(=O)c1=O. The minimum atomic E-state index is -0.982. The van der Waals surface area contributed by atoms with Gasteiger partial charge in [0.2, 0.25) is 5.82 Å². The quantitative estimate of drug-likeness (QED) is 0.468. The Morgan fingerprint density at radius 1 is 1.25 bits per heavy atom. The van der Waals surface area contributed by atoms with Gasteiger partial charge in [-0.1, -0.05) is 6.07 Å². The third kappa shape index (κ3) is 2.48. The van der Waals surface area contributed by atoms with E-state index < -0.39 is 27.5 Å². The highest BCUT2D eigenvalue weighted by Gasteiger charge is 2.14. The second kappa shape index (κ2) is 5.08. The van der Waals surface area contributed by atoms with E-state index in [2.05, 4.69) is 0 Å². The molecule has 0 aliphatic heterocycles. The largest absolute Gasteiger partial charge is 0.316 e. The molecular weight excluding hydrogens is 269 g/mol. The molecule has 0 saturated heterocycles. The number of nitro groups is 1. The second-order valence-electron chi connectivity index (χ2n) is 4.19. The fourth-order valence-corrected chi connectivity index (χ4v) is 1.71. The number of benzene rings is 1. The van der Waals surface area contributed by atoms with Gasteiger partial charge in [-0.15, -0.1) is 0 Å². The van der Waals surface area contributed by atoms with Gasteiger partial charge in [-0.2, -0.15) is 4.39 Å². The molecule has 0 aliphatic carbocycles. The van der Waals surface area contributed by atoms with Crippen LogP contribution < -0.4 is 11.1 Å². The topological polar surface area (TPSA) is 87.1 Å². The van der Waals surface area contributed by atoms with Gasteiger partial charge in [0, 0.05) is 25.5 Å². The molecule has 0 fully saturated rings. The first kappa shape index (κ1) is 13.7. The Kier molecular flexibility index (Phi) is 3.47. The molecule has 2 rings (SSSR count). The molecule has 0 radical (unpaired) electrons. The van der Waals surface area contributed by atoms with Crippen LogP contribution in [0, 0.1) is 15.9 Å². The normalized spacial score (nSPS) is 10.5. The van der Waals surface area contributed by atoms with Crippen molar-refractivity contribution in [1.29, 1.82) is 0 Å². The van der Waals surface area contributed by atoms with E-state index in [1.807, 2.05) is 0 Å². The molecule has 104 valence electrons. The molecule has 7 nitrogen and oxygen atoms in total. The summed E-state index contributed by atoms with van der Waals surface area (Å²) in [6, 6.07) is 3.34. The van der Waals surface area contributed by atoms with Crippen LogP contribution in [-0.4, -0.2) is 14.1 Å². The average molecular weight is 279 g/mol. The van der Waals surface area contributed by atoms with Gasteiger partial charge in [-0.05, 0) is 11.6 Å². The van der Waals surface area contributed by atoms with E-state index in [0.29, 0.717) is 5.56 Å². The first-order valence-corrected chi connectivity index (χ1v) is 5.59. The molecule has 0 aliphatic rings.